The fourth-order valence-corrected chi connectivity index (χ4v) is 1.08. The van der Waals surface area contributed by atoms with Crippen LogP contribution in [0.3, 0.4) is 0 Å². The van der Waals surface area contributed by atoms with Crippen LogP contribution in [0.25, 0.3) is 0 Å². The van der Waals surface area contributed by atoms with Crippen LogP contribution in [0.2, 0.25) is 0 Å². The van der Waals surface area contributed by atoms with Crippen molar-refractivity contribution in [1.82, 2.24) is 0 Å². The van der Waals surface area contributed by atoms with E-state index in [0.29, 0.717) is 13.1 Å². The van der Waals surface area contributed by atoms with Gasteiger partial charge in [0.05, 0.1) is 19.3 Å². The molecule has 0 aliphatic carbocycles. The molecule has 0 N–H and O–H groups in total. The maximum Gasteiger partial charge on any atom is 0.317 e. The Morgan fingerprint density at radius 1 is 1.50 bits per heavy atom. The van der Waals surface area contributed by atoms with Gasteiger partial charge in [-0.15, -0.1) is 9.24 Å². The molecule has 0 fully saturated rings. The van der Waals surface area contributed by atoms with Crippen molar-refractivity contribution in [2.45, 2.75) is 13.8 Å². The van der Waals surface area contributed by atoms with E-state index in [9.17, 15) is 10.0 Å². The monoisotopic (exact) mass is 163 g/mol. The molecule has 0 aliphatic heterocycles. The largest absolute Gasteiger partial charge is 0.625 e. The zero-order valence-electron chi connectivity index (χ0n) is 6.46. The smallest absolute Gasteiger partial charge is 0.317 e. The van der Waals surface area contributed by atoms with E-state index in [1.54, 1.807) is 13.8 Å². The molecule has 3 nitrogen and oxygen atoms in total. The van der Waals surface area contributed by atoms with Crippen molar-refractivity contribution in [2.75, 3.05) is 19.3 Å². The molecule has 0 aromatic carbocycles. The number of rotatable bonds is 3. The quantitative estimate of drug-likeness (QED) is 0.350. The van der Waals surface area contributed by atoms with E-state index in [1.807, 2.05) is 0 Å². The van der Waals surface area contributed by atoms with Gasteiger partial charge in [0.2, 0.25) is 0 Å². The topological polar surface area (TPSA) is 40.1 Å². The number of hydrogen-bond donors (Lipinski definition) is 0. The fraction of sp³-hybridized carbons (Fsp3) is 0.833. The zero-order valence-corrected chi connectivity index (χ0v) is 7.62. The summed E-state index contributed by atoms with van der Waals surface area (Å²) in [6, 6.07) is 0. The lowest BCUT2D eigenvalue weighted by Crippen LogP contribution is -2.47. The molecule has 0 aliphatic rings. The van der Waals surface area contributed by atoms with Crippen LogP contribution in [0, 0.1) is 5.21 Å². The number of nitrogens with zero attached hydrogens (tertiary/aromatic N) is 1. The summed E-state index contributed by atoms with van der Waals surface area (Å²) in [6.45, 7) is 4.14. The summed E-state index contributed by atoms with van der Waals surface area (Å²) in [5.41, 5.74) is 0. The van der Waals surface area contributed by atoms with Gasteiger partial charge in [0.15, 0.2) is 0 Å². The van der Waals surface area contributed by atoms with Gasteiger partial charge in [0.25, 0.3) is 0 Å². The van der Waals surface area contributed by atoms with Crippen LogP contribution in [0.15, 0.2) is 0 Å². The number of amides is 1. The molecule has 0 heterocycles. The predicted octanol–water partition coefficient (Wildman–Crippen LogP) is 0.742. The summed E-state index contributed by atoms with van der Waals surface area (Å²) in [5, 5.41) is 11.3. The normalized spacial score (nSPS) is 11.6. The van der Waals surface area contributed by atoms with Gasteiger partial charge in [-0.25, -0.2) is 4.79 Å². The Balaban J connectivity index is 4.17. The molecule has 0 aromatic rings. The van der Waals surface area contributed by atoms with E-state index in [4.69, 9.17) is 0 Å². The first-order valence-electron chi connectivity index (χ1n) is 3.42. The highest BCUT2D eigenvalue weighted by molar-refractivity contribution is 7.18. The van der Waals surface area contributed by atoms with Crippen molar-refractivity contribution < 1.29 is 9.44 Å². The van der Waals surface area contributed by atoms with Crippen molar-refractivity contribution in [3.05, 3.63) is 5.21 Å². The van der Waals surface area contributed by atoms with Gasteiger partial charge in [-0.1, -0.05) is 0 Å². The molecule has 10 heavy (non-hydrogen) atoms. The van der Waals surface area contributed by atoms with Gasteiger partial charge >= 0.3 is 5.91 Å². The molecule has 0 radical (unpaired) electrons. The second-order valence-electron chi connectivity index (χ2n) is 2.12. The van der Waals surface area contributed by atoms with E-state index in [2.05, 4.69) is 9.24 Å². The Morgan fingerprint density at radius 3 is 2.00 bits per heavy atom. The minimum atomic E-state index is -0.691. The highest BCUT2D eigenvalue weighted by Gasteiger charge is 2.20. The van der Waals surface area contributed by atoms with E-state index >= 15 is 0 Å². The summed E-state index contributed by atoms with van der Waals surface area (Å²) < 4.78 is -0.691. The molecule has 0 saturated carbocycles. The summed E-state index contributed by atoms with van der Waals surface area (Å²) in [4.78, 5) is 10.9. The van der Waals surface area contributed by atoms with E-state index < -0.39 is 4.65 Å². The molecular weight excluding hydrogens is 149 g/mol. The van der Waals surface area contributed by atoms with Gasteiger partial charge in [0.1, 0.15) is 0 Å². The molecule has 0 aromatic heterocycles. The Labute approximate surface area is 63.8 Å². The van der Waals surface area contributed by atoms with Crippen molar-refractivity contribution in [1.29, 1.82) is 0 Å². The molecule has 0 spiro atoms. The maximum atomic E-state index is 11.3. The Bertz CT molecular complexity index is 123. The number of carbonyl (C=O) groups excluding carboxylic acids is 1. The first kappa shape index (κ1) is 10.0. The highest BCUT2D eigenvalue weighted by Crippen LogP contribution is 2.05. The van der Waals surface area contributed by atoms with Gasteiger partial charge in [-0.05, 0) is 13.8 Å². The SMILES string of the molecule is CC[N+]([O-])(CC)C(=O)CP. The van der Waals surface area contributed by atoms with Crippen LogP contribution < -0.4 is 0 Å². The summed E-state index contributed by atoms with van der Waals surface area (Å²) in [6.07, 6.45) is 0.255. The standard InChI is InChI=1S/C6H14NO2P/c1-3-7(9,4-2)6(8)5-10/h3-5,10H2,1-2H3. The molecule has 60 valence electrons. The third kappa shape index (κ3) is 2.01. The maximum absolute atomic E-state index is 11.3. The molecule has 0 rings (SSSR count). The molecule has 1 unspecified atom stereocenters. The van der Waals surface area contributed by atoms with Crippen LogP contribution in [-0.4, -0.2) is 29.8 Å². The molecule has 4 heteroatoms. The van der Waals surface area contributed by atoms with Gasteiger partial charge < -0.3 is 5.21 Å². The Hall–Kier alpha value is 0.0200. The van der Waals surface area contributed by atoms with Crippen molar-refractivity contribution in [3.63, 3.8) is 0 Å². The lowest BCUT2D eigenvalue weighted by atomic mass is 10.4. The minimum absolute atomic E-state index is 0.255. The number of hydroxylamine groups is 3. The first-order valence-corrected chi connectivity index (χ1v) is 4.24. The van der Waals surface area contributed by atoms with Crippen molar-refractivity contribution in [3.8, 4) is 0 Å². The third-order valence-electron chi connectivity index (χ3n) is 1.65. The second kappa shape index (κ2) is 4.02. The van der Waals surface area contributed by atoms with Crippen LogP contribution in [0.1, 0.15) is 13.8 Å². The van der Waals surface area contributed by atoms with Crippen LogP contribution in [-0.2, 0) is 4.79 Å². The van der Waals surface area contributed by atoms with Gasteiger partial charge in [-0.2, -0.15) is 0 Å². The van der Waals surface area contributed by atoms with Gasteiger partial charge in [0, 0.05) is 0 Å². The first-order chi connectivity index (χ1) is 4.60. The molecule has 0 saturated heterocycles. The summed E-state index contributed by atoms with van der Waals surface area (Å²) in [7, 11) is 2.27. The van der Waals surface area contributed by atoms with E-state index in [0.717, 1.165) is 0 Å². The molecule has 0 bridgehead atoms. The van der Waals surface area contributed by atoms with E-state index in [1.165, 1.54) is 0 Å². The zero-order chi connectivity index (χ0) is 8.20. The predicted molar refractivity (Wildman–Crippen MR) is 44.3 cm³/mol. The molecule has 1 atom stereocenters. The third-order valence-corrected chi connectivity index (χ3v) is 2.00. The number of quaternary nitrogens is 1. The summed E-state index contributed by atoms with van der Waals surface area (Å²) in [5.74, 6) is -0.255. The van der Waals surface area contributed by atoms with Crippen LogP contribution >= 0.6 is 9.24 Å². The second-order valence-corrected chi connectivity index (χ2v) is 2.53. The molecule has 1 amide bonds. The van der Waals surface area contributed by atoms with Crippen LogP contribution in [0.5, 0.6) is 0 Å². The molecular formula is C6H14NO2P. The average Bonchev–Trinajstić information content (AvgIpc) is 2.01. The average molecular weight is 163 g/mol. The Morgan fingerprint density at radius 2 is 1.90 bits per heavy atom. The van der Waals surface area contributed by atoms with Gasteiger partial charge in [-0.3, -0.25) is 4.65 Å². The number of hydrogen-bond acceptors (Lipinski definition) is 2. The summed E-state index contributed by atoms with van der Waals surface area (Å²) >= 11 is 0. The fourth-order valence-electron chi connectivity index (χ4n) is 0.743. The lowest BCUT2D eigenvalue weighted by molar-refractivity contribution is -0.799. The number of carbonyl (C=O) groups is 1. The Kier molecular flexibility index (Phi) is 4.02. The van der Waals surface area contributed by atoms with E-state index in [-0.39, 0.29) is 12.1 Å². The van der Waals surface area contributed by atoms with Crippen molar-refractivity contribution >= 4 is 15.1 Å². The van der Waals surface area contributed by atoms with Crippen LogP contribution in [0.4, 0.5) is 0 Å². The highest BCUT2D eigenvalue weighted by atomic mass is 31.0. The van der Waals surface area contributed by atoms with Crippen molar-refractivity contribution in [2.24, 2.45) is 0 Å². The lowest BCUT2D eigenvalue weighted by Gasteiger charge is -2.37. The minimum Gasteiger partial charge on any atom is -0.625 e.